The fourth-order valence-corrected chi connectivity index (χ4v) is 1.60. The van der Waals surface area contributed by atoms with Gasteiger partial charge in [0, 0.05) is 17.0 Å². The smallest absolute Gasteiger partial charge is 0.205 e. The number of ketones is 1. The van der Waals surface area contributed by atoms with Gasteiger partial charge in [0.25, 0.3) is 0 Å². The van der Waals surface area contributed by atoms with Gasteiger partial charge >= 0.3 is 0 Å². The molecule has 1 rings (SSSR count). The Balaban J connectivity index is 3.29. The SMILES string of the molecule is CCC(=O)C(O)(C=O)c1ccccc1Cl. The molecule has 80 valence electrons. The van der Waals surface area contributed by atoms with Gasteiger partial charge in [-0.1, -0.05) is 36.7 Å². The maximum atomic E-state index is 11.5. The van der Waals surface area contributed by atoms with Gasteiger partial charge in [-0.2, -0.15) is 0 Å². The molecule has 0 amide bonds. The van der Waals surface area contributed by atoms with E-state index in [1.165, 1.54) is 12.1 Å². The molecule has 0 radical (unpaired) electrons. The number of hydrogen-bond acceptors (Lipinski definition) is 3. The van der Waals surface area contributed by atoms with Crippen molar-refractivity contribution in [1.82, 2.24) is 0 Å². The van der Waals surface area contributed by atoms with Crippen LogP contribution in [-0.2, 0) is 15.2 Å². The van der Waals surface area contributed by atoms with E-state index in [4.69, 9.17) is 11.6 Å². The van der Waals surface area contributed by atoms with Gasteiger partial charge in [0.2, 0.25) is 5.60 Å². The first-order valence-corrected chi connectivity index (χ1v) is 4.91. The Morgan fingerprint density at radius 2 is 2.13 bits per heavy atom. The van der Waals surface area contributed by atoms with Crippen molar-refractivity contribution in [2.45, 2.75) is 18.9 Å². The van der Waals surface area contributed by atoms with Gasteiger partial charge in [0.1, 0.15) is 0 Å². The second-order valence-electron chi connectivity index (χ2n) is 3.14. The van der Waals surface area contributed by atoms with E-state index in [1.54, 1.807) is 19.1 Å². The minimum absolute atomic E-state index is 0.0699. The summed E-state index contributed by atoms with van der Waals surface area (Å²) < 4.78 is 0. The highest BCUT2D eigenvalue weighted by Gasteiger charge is 2.37. The monoisotopic (exact) mass is 226 g/mol. The summed E-state index contributed by atoms with van der Waals surface area (Å²) in [6.07, 6.45) is 0.292. The third-order valence-electron chi connectivity index (χ3n) is 2.20. The van der Waals surface area contributed by atoms with Crippen LogP contribution in [0.2, 0.25) is 5.02 Å². The van der Waals surface area contributed by atoms with Crippen LogP contribution in [0.25, 0.3) is 0 Å². The van der Waals surface area contributed by atoms with E-state index in [9.17, 15) is 14.7 Å². The Kier molecular flexibility index (Phi) is 3.61. The zero-order chi connectivity index (χ0) is 11.5. The van der Waals surface area contributed by atoms with Crippen molar-refractivity contribution in [3.8, 4) is 0 Å². The summed E-state index contributed by atoms with van der Waals surface area (Å²) in [5.74, 6) is -0.564. The molecule has 0 aromatic heterocycles. The molecule has 3 nitrogen and oxygen atoms in total. The molecule has 0 fully saturated rings. The number of aldehydes is 1. The lowest BCUT2D eigenvalue weighted by Gasteiger charge is -2.20. The summed E-state index contributed by atoms with van der Waals surface area (Å²) in [5, 5.41) is 10.1. The molecule has 0 saturated heterocycles. The minimum atomic E-state index is -2.12. The van der Waals surface area contributed by atoms with Crippen LogP contribution in [-0.4, -0.2) is 17.2 Å². The Morgan fingerprint density at radius 3 is 2.60 bits per heavy atom. The molecule has 0 spiro atoms. The van der Waals surface area contributed by atoms with Gasteiger partial charge in [0.05, 0.1) is 0 Å². The second-order valence-corrected chi connectivity index (χ2v) is 3.55. The van der Waals surface area contributed by atoms with Crippen LogP contribution in [0, 0.1) is 0 Å². The number of halogens is 1. The molecular weight excluding hydrogens is 216 g/mol. The fourth-order valence-electron chi connectivity index (χ4n) is 1.32. The molecule has 4 heteroatoms. The van der Waals surface area contributed by atoms with Crippen LogP contribution in [0.4, 0.5) is 0 Å². The van der Waals surface area contributed by atoms with Crippen LogP contribution < -0.4 is 0 Å². The quantitative estimate of drug-likeness (QED) is 0.628. The zero-order valence-corrected chi connectivity index (χ0v) is 8.99. The first-order valence-electron chi connectivity index (χ1n) is 4.53. The van der Waals surface area contributed by atoms with Crippen molar-refractivity contribution in [3.05, 3.63) is 34.9 Å². The predicted molar refractivity (Wildman–Crippen MR) is 56.7 cm³/mol. The Labute approximate surface area is 92.7 Å². The topological polar surface area (TPSA) is 54.4 Å². The van der Waals surface area contributed by atoms with E-state index in [-0.39, 0.29) is 23.3 Å². The van der Waals surface area contributed by atoms with Crippen molar-refractivity contribution in [1.29, 1.82) is 0 Å². The number of aliphatic hydroxyl groups is 1. The van der Waals surface area contributed by atoms with E-state index < -0.39 is 11.4 Å². The molecular formula is C11H11ClO3. The van der Waals surface area contributed by atoms with Crippen molar-refractivity contribution in [3.63, 3.8) is 0 Å². The van der Waals surface area contributed by atoms with Crippen molar-refractivity contribution in [2.24, 2.45) is 0 Å². The lowest BCUT2D eigenvalue weighted by atomic mass is 9.89. The molecule has 1 atom stereocenters. The molecule has 1 aromatic rings. The maximum Gasteiger partial charge on any atom is 0.205 e. The maximum absolute atomic E-state index is 11.5. The molecule has 0 aliphatic heterocycles. The minimum Gasteiger partial charge on any atom is -0.371 e. The average Bonchev–Trinajstić information content (AvgIpc) is 2.27. The molecule has 1 unspecified atom stereocenters. The number of hydrogen-bond donors (Lipinski definition) is 1. The number of carbonyl (C=O) groups is 2. The number of carbonyl (C=O) groups excluding carboxylic acids is 2. The van der Waals surface area contributed by atoms with Crippen LogP contribution in [0.1, 0.15) is 18.9 Å². The zero-order valence-electron chi connectivity index (χ0n) is 8.24. The lowest BCUT2D eigenvalue weighted by Crippen LogP contribution is -2.37. The molecule has 0 heterocycles. The third kappa shape index (κ3) is 2.08. The highest BCUT2D eigenvalue weighted by atomic mass is 35.5. The van der Waals surface area contributed by atoms with E-state index in [0.717, 1.165) is 0 Å². The fraction of sp³-hybridized carbons (Fsp3) is 0.273. The standard InChI is InChI=1S/C11H11ClO3/c1-2-10(14)11(15,7-13)8-5-3-4-6-9(8)12/h3-7,15H,2H2,1H3. The molecule has 0 aliphatic rings. The van der Waals surface area contributed by atoms with Gasteiger partial charge in [0.15, 0.2) is 12.1 Å². The van der Waals surface area contributed by atoms with Crippen LogP contribution in [0.15, 0.2) is 24.3 Å². The van der Waals surface area contributed by atoms with E-state index in [1.807, 2.05) is 0 Å². The predicted octanol–water partition coefficient (Wildman–Crippen LogP) is 1.71. The lowest BCUT2D eigenvalue weighted by molar-refractivity contribution is -0.144. The van der Waals surface area contributed by atoms with Gasteiger partial charge in [-0.3, -0.25) is 9.59 Å². The summed E-state index contributed by atoms with van der Waals surface area (Å²) in [7, 11) is 0. The summed E-state index contributed by atoms with van der Waals surface area (Å²) in [6, 6.07) is 6.25. The molecule has 0 saturated carbocycles. The van der Waals surface area contributed by atoms with Crippen LogP contribution in [0.3, 0.4) is 0 Å². The molecule has 0 bridgehead atoms. The largest absolute Gasteiger partial charge is 0.371 e. The van der Waals surface area contributed by atoms with Crippen molar-refractivity contribution in [2.75, 3.05) is 0 Å². The summed E-state index contributed by atoms with van der Waals surface area (Å²) in [5.41, 5.74) is -1.99. The van der Waals surface area contributed by atoms with Crippen molar-refractivity contribution >= 4 is 23.7 Å². The van der Waals surface area contributed by atoms with Gasteiger partial charge in [-0.15, -0.1) is 0 Å². The van der Waals surface area contributed by atoms with Gasteiger partial charge in [-0.05, 0) is 6.07 Å². The molecule has 0 aliphatic carbocycles. The second kappa shape index (κ2) is 4.55. The summed E-state index contributed by atoms with van der Waals surface area (Å²) in [6.45, 7) is 1.58. The van der Waals surface area contributed by atoms with Crippen LogP contribution in [0.5, 0.6) is 0 Å². The molecule has 1 aromatic carbocycles. The number of rotatable bonds is 4. The number of benzene rings is 1. The van der Waals surface area contributed by atoms with E-state index in [0.29, 0.717) is 0 Å². The first kappa shape index (κ1) is 11.9. The van der Waals surface area contributed by atoms with Crippen molar-refractivity contribution < 1.29 is 14.7 Å². The summed E-state index contributed by atoms with van der Waals surface area (Å²) >= 11 is 5.82. The third-order valence-corrected chi connectivity index (χ3v) is 2.53. The summed E-state index contributed by atoms with van der Waals surface area (Å²) in [4.78, 5) is 22.3. The normalized spacial score (nSPS) is 14.3. The Bertz CT molecular complexity index is 389. The highest BCUT2D eigenvalue weighted by Crippen LogP contribution is 2.28. The van der Waals surface area contributed by atoms with E-state index in [2.05, 4.69) is 0 Å². The van der Waals surface area contributed by atoms with Gasteiger partial charge in [-0.25, -0.2) is 0 Å². The van der Waals surface area contributed by atoms with E-state index >= 15 is 0 Å². The number of Topliss-reactive ketones (excluding diaryl/α,β-unsaturated/α-hetero) is 1. The average molecular weight is 227 g/mol. The van der Waals surface area contributed by atoms with Gasteiger partial charge < -0.3 is 5.11 Å². The molecule has 1 N–H and O–H groups in total. The first-order chi connectivity index (χ1) is 7.06. The Morgan fingerprint density at radius 1 is 1.53 bits per heavy atom. The highest BCUT2D eigenvalue weighted by molar-refractivity contribution is 6.32. The Hall–Kier alpha value is -1.19. The molecule has 15 heavy (non-hydrogen) atoms. The van der Waals surface area contributed by atoms with Crippen LogP contribution >= 0.6 is 11.6 Å².